The second-order valence-corrected chi connectivity index (χ2v) is 5.66. The van der Waals surface area contributed by atoms with E-state index in [2.05, 4.69) is 15.9 Å². The Bertz CT molecular complexity index is 549. The first kappa shape index (κ1) is 15.8. The van der Waals surface area contributed by atoms with E-state index in [1.54, 1.807) is 0 Å². The largest absolute Gasteiger partial charge is 0.489 e. The predicted octanol–water partition coefficient (Wildman–Crippen LogP) is 5.01. The maximum absolute atomic E-state index is 12.0. The van der Waals surface area contributed by atoms with E-state index in [0.29, 0.717) is 13.0 Å². The molecule has 0 aromatic heterocycles. The van der Waals surface area contributed by atoms with Gasteiger partial charge in [0, 0.05) is 17.3 Å². The molecule has 21 heavy (non-hydrogen) atoms. The first-order valence-electron chi connectivity index (χ1n) is 7.15. The summed E-state index contributed by atoms with van der Waals surface area (Å²) in [7, 11) is 0. The molecule has 0 atom stereocenters. The van der Waals surface area contributed by atoms with Crippen molar-refractivity contribution in [2.75, 3.05) is 5.33 Å². The van der Waals surface area contributed by atoms with Crippen LogP contribution < -0.4 is 4.74 Å². The first-order valence-corrected chi connectivity index (χ1v) is 8.27. The lowest BCUT2D eigenvalue weighted by molar-refractivity contribution is 0.0980. The van der Waals surface area contributed by atoms with Gasteiger partial charge in [0.25, 0.3) is 0 Å². The van der Waals surface area contributed by atoms with Crippen LogP contribution >= 0.6 is 15.9 Å². The highest BCUT2D eigenvalue weighted by molar-refractivity contribution is 9.09. The van der Waals surface area contributed by atoms with Crippen LogP contribution in [0.3, 0.4) is 0 Å². The first-order chi connectivity index (χ1) is 10.3. The summed E-state index contributed by atoms with van der Waals surface area (Å²) in [6.45, 7) is 0.541. The molecule has 0 N–H and O–H groups in total. The van der Waals surface area contributed by atoms with Gasteiger partial charge in [0.1, 0.15) is 12.4 Å². The fraction of sp³-hybridized carbons (Fsp3) is 0.278. The van der Waals surface area contributed by atoms with Crippen molar-refractivity contribution in [3.63, 3.8) is 0 Å². The number of carbonyl (C=O) groups excluding carboxylic acids is 1. The van der Waals surface area contributed by atoms with Crippen molar-refractivity contribution in [2.45, 2.75) is 25.9 Å². The van der Waals surface area contributed by atoms with Crippen LogP contribution in [0.25, 0.3) is 0 Å². The number of Topliss-reactive ketones (excluding diaryl/α,β-unsaturated/α-hetero) is 1. The highest BCUT2D eigenvalue weighted by atomic mass is 79.9. The Morgan fingerprint density at radius 1 is 0.952 bits per heavy atom. The summed E-state index contributed by atoms with van der Waals surface area (Å²) < 4.78 is 5.71. The highest BCUT2D eigenvalue weighted by Crippen LogP contribution is 2.16. The van der Waals surface area contributed by atoms with Crippen molar-refractivity contribution in [2.24, 2.45) is 0 Å². The van der Waals surface area contributed by atoms with Gasteiger partial charge >= 0.3 is 0 Å². The van der Waals surface area contributed by atoms with Gasteiger partial charge in [0.2, 0.25) is 0 Å². The van der Waals surface area contributed by atoms with Crippen LogP contribution in [0.2, 0.25) is 0 Å². The summed E-state index contributed by atoms with van der Waals surface area (Å²) in [6.07, 6.45) is 2.57. The second-order valence-electron chi connectivity index (χ2n) is 4.87. The van der Waals surface area contributed by atoms with Gasteiger partial charge in [-0.1, -0.05) is 46.3 Å². The molecule has 0 saturated carbocycles. The number of hydrogen-bond acceptors (Lipinski definition) is 2. The van der Waals surface area contributed by atoms with Crippen LogP contribution in [0.15, 0.2) is 54.6 Å². The molecular weight excluding hydrogens is 328 g/mol. The molecular formula is C18H19BrO2. The lowest BCUT2D eigenvalue weighted by Crippen LogP contribution is -2.00. The van der Waals surface area contributed by atoms with Crippen LogP contribution in [0.4, 0.5) is 0 Å². The number of halogens is 1. The van der Waals surface area contributed by atoms with E-state index in [1.165, 1.54) is 0 Å². The smallest absolute Gasteiger partial charge is 0.162 e. The Hall–Kier alpha value is -1.61. The Morgan fingerprint density at radius 3 is 2.33 bits per heavy atom. The van der Waals surface area contributed by atoms with Gasteiger partial charge in [0.15, 0.2) is 5.78 Å². The molecule has 0 aliphatic heterocycles. The minimum atomic E-state index is 0.200. The number of alkyl halides is 1. The van der Waals surface area contributed by atoms with Crippen molar-refractivity contribution in [3.8, 4) is 5.75 Å². The van der Waals surface area contributed by atoms with Crippen molar-refractivity contribution < 1.29 is 9.53 Å². The minimum absolute atomic E-state index is 0.200. The Labute approximate surface area is 134 Å². The molecule has 3 heteroatoms. The number of rotatable bonds is 8. The Balaban J connectivity index is 1.85. The zero-order chi connectivity index (χ0) is 14.9. The van der Waals surface area contributed by atoms with Gasteiger partial charge in [0.05, 0.1) is 0 Å². The van der Waals surface area contributed by atoms with Gasteiger partial charge in [-0.05, 0) is 42.7 Å². The van der Waals surface area contributed by atoms with Crippen molar-refractivity contribution >= 4 is 21.7 Å². The van der Waals surface area contributed by atoms with E-state index < -0.39 is 0 Å². The van der Waals surface area contributed by atoms with Crippen LogP contribution in [-0.2, 0) is 6.61 Å². The summed E-state index contributed by atoms with van der Waals surface area (Å²) in [5.41, 5.74) is 1.89. The molecule has 2 aromatic carbocycles. The number of ether oxygens (including phenoxy) is 1. The molecule has 0 aliphatic carbocycles. The molecule has 0 saturated heterocycles. The molecule has 0 radical (unpaired) electrons. The number of unbranched alkanes of at least 4 members (excludes halogenated alkanes) is 1. The lowest BCUT2D eigenvalue weighted by atomic mass is 10.1. The maximum atomic E-state index is 12.0. The summed E-state index contributed by atoms with van der Waals surface area (Å²) in [5, 5.41) is 0.951. The number of ketones is 1. The molecule has 2 aromatic rings. The Morgan fingerprint density at radius 2 is 1.67 bits per heavy atom. The molecule has 2 nitrogen and oxygen atoms in total. The third-order valence-electron chi connectivity index (χ3n) is 3.21. The Kier molecular flexibility index (Phi) is 6.48. The maximum Gasteiger partial charge on any atom is 0.162 e. The van der Waals surface area contributed by atoms with E-state index in [0.717, 1.165) is 35.0 Å². The van der Waals surface area contributed by atoms with Gasteiger partial charge in [-0.2, -0.15) is 0 Å². The molecule has 0 spiro atoms. The highest BCUT2D eigenvalue weighted by Gasteiger charge is 2.05. The molecule has 110 valence electrons. The summed E-state index contributed by atoms with van der Waals surface area (Å²) in [6, 6.07) is 17.4. The van der Waals surface area contributed by atoms with E-state index in [9.17, 15) is 4.79 Å². The average Bonchev–Trinajstić information content (AvgIpc) is 2.54. The molecule has 0 heterocycles. The van der Waals surface area contributed by atoms with E-state index in [-0.39, 0.29) is 5.78 Å². The second kappa shape index (κ2) is 8.63. The zero-order valence-corrected chi connectivity index (χ0v) is 13.5. The van der Waals surface area contributed by atoms with Gasteiger partial charge in [-0.25, -0.2) is 0 Å². The third kappa shape index (κ3) is 5.35. The molecule has 0 unspecified atom stereocenters. The van der Waals surface area contributed by atoms with Gasteiger partial charge in [-0.3, -0.25) is 4.79 Å². The normalized spacial score (nSPS) is 10.3. The monoisotopic (exact) mass is 346 g/mol. The fourth-order valence-corrected chi connectivity index (χ4v) is 2.40. The van der Waals surface area contributed by atoms with Crippen molar-refractivity contribution in [1.29, 1.82) is 0 Å². The molecule has 0 aliphatic rings. The minimum Gasteiger partial charge on any atom is -0.489 e. The van der Waals surface area contributed by atoms with Crippen LogP contribution in [-0.4, -0.2) is 11.1 Å². The summed E-state index contributed by atoms with van der Waals surface area (Å²) in [5.74, 6) is 0.987. The number of benzene rings is 2. The quantitative estimate of drug-likeness (QED) is 0.381. The van der Waals surface area contributed by atoms with E-state index in [1.807, 2.05) is 54.6 Å². The van der Waals surface area contributed by atoms with Crippen LogP contribution in [0.5, 0.6) is 5.75 Å². The molecule has 2 rings (SSSR count). The van der Waals surface area contributed by atoms with Crippen LogP contribution in [0, 0.1) is 0 Å². The van der Waals surface area contributed by atoms with Crippen molar-refractivity contribution in [1.82, 2.24) is 0 Å². The average molecular weight is 347 g/mol. The third-order valence-corrected chi connectivity index (χ3v) is 3.77. The zero-order valence-electron chi connectivity index (χ0n) is 11.9. The number of hydrogen-bond donors (Lipinski definition) is 0. The van der Waals surface area contributed by atoms with Gasteiger partial charge < -0.3 is 4.74 Å². The SMILES string of the molecule is O=C(CCCCBr)c1ccc(OCc2ccccc2)cc1. The van der Waals surface area contributed by atoms with E-state index >= 15 is 0 Å². The molecule has 0 amide bonds. The number of carbonyl (C=O) groups is 1. The van der Waals surface area contributed by atoms with Crippen molar-refractivity contribution in [3.05, 3.63) is 65.7 Å². The van der Waals surface area contributed by atoms with Crippen LogP contribution in [0.1, 0.15) is 35.2 Å². The summed E-state index contributed by atoms with van der Waals surface area (Å²) >= 11 is 3.37. The van der Waals surface area contributed by atoms with Gasteiger partial charge in [-0.15, -0.1) is 0 Å². The summed E-state index contributed by atoms with van der Waals surface area (Å²) in [4.78, 5) is 12.0. The van der Waals surface area contributed by atoms with E-state index in [4.69, 9.17) is 4.74 Å². The standard InChI is InChI=1S/C18H19BrO2/c19-13-5-4-8-18(20)16-9-11-17(12-10-16)21-14-15-6-2-1-3-7-15/h1-3,6-7,9-12H,4-5,8,13-14H2. The molecule has 0 fully saturated rings. The topological polar surface area (TPSA) is 26.3 Å². The lowest BCUT2D eigenvalue weighted by Gasteiger charge is -2.07. The predicted molar refractivity (Wildman–Crippen MR) is 89.2 cm³/mol. The fourth-order valence-electron chi connectivity index (χ4n) is 2.00. The molecule has 0 bridgehead atoms.